The summed E-state index contributed by atoms with van der Waals surface area (Å²) in [4.78, 5) is 0. The maximum atomic E-state index is 9.94. The zero-order valence-electron chi connectivity index (χ0n) is 12.0. The van der Waals surface area contributed by atoms with E-state index in [9.17, 15) is 35.7 Å². The molecule has 0 aromatic carbocycles. The van der Waals surface area contributed by atoms with Gasteiger partial charge in [0.25, 0.3) is 0 Å². The van der Waals surface area contributed by atoms with Crippen LogP contribution in [0.15, 0.2) is 0 Å². The molecule has 2 heterocycles. The first kappa shape index (κ1) is 18.9. The van der Waals surface area contributed by atoms with Crippen molar-refractivity contribution in [1.82, 2.24) is 0 Å². The molecule has 0 saturated carbocycles. The van der Waals surface area contributed by atoms with Gasteiger partial charge in [-0.25, -0.2) is 0 Å². The molecule has 11 nitrogen and oxygen atoms in total. The average molecular weight is 342 g/mol. The van der Waals surface area contributed by atoms with Gasteiger partial charge in [-0.1, -0.05) is 0 Å². The predicted octanol–water partition coefficient (Wildman–Crippen LogP) is -5.40. The van der Waals surface area contributed by atoms with Crippen molar-refractivity contribution >= 4 is 0 Å². The number of rotatable bonds is 4. The van der Waals surface area contributed by atoms with Crippen molar-refractivity contribution in [2.24, 2.45) is 0 Å². The SMILES string of the molecule is OC[C@@H]1O[C@@H](O[C@H]2[C@@H](O)[C@@H](O)[C@@H](O)O[C@H]2CO)[C@H](O)[C@H](O)[C@H]1O. The van der Waals surface area contributed by atoms with Crippen LogP contribution in [0, 0.1) is 0 Å². The maximum absolute atomic E-state index is 9.94. The Labute approximate surface area is 130 Å². The number of hydrogen-bond donors (Lipinski definition) is 8. The minimum atomic E-state index is -1.74. The average Bonchev–Trinajstić information content (AvgIpc) is 2.55. The molecule has 0 bridgehead atoms. The molecule has 0 spiro atoms. The van der Waals surface area contributed by atoms with Crippen LogP contribution in [0.1, 0.15) is 0 Å². The van der Waals surface area contributed by atoms with E-state index in [0.29, 0.717) is 0 Å². The van der Waals surface area contributed by atoms with E-state index >= 15 is 0 Å². The second-order valence-electron chi connectivity index (χ2n) is 5.53. The molecule has 2 saturated heterocycles. The van der Waals surface area contributed by atoms with Gasteiger partial charge in [0.2, 0.25) is 0 Å². The molecular formula is C12H22O11. The monoisotopic (exact) mass is 342 g/mol. The zero-order valence-corrected chi connectivity index (χ0v) is 12.0. The van der Waals surface area contributed by atoms with Gasteiger partial charge in [-0.3, -0.25) is 0 Å². The fourth-order valence-corrected chi connectivity index (χ4v) is 2.57. The second-order valence-corrected chi connectivity index (χ2v) is 5.53. The van der Waals surface area contributed by atoms with E-state index in [4.69, 9.17) is 19.3 Å². The first-order valence-corrected chi connectivity index (χ1v) is 7.08. The largest absolute Gasteiger partial charge is 0.394 e. The van der Waals surface area contributed by atoms with Crippen molar-refractivity contribution in [2.45, 2.75) is 61.4 Å². The Hall–Kier alpha value is -0.440. The Morgan fingerprint density at radius 1 is 0.652 bits per heavy atom. The highest BCUT2D eigenvalue weighted by molar-refractivity contribution is 4.93. The van der Waals surface area contributed by atoms with Gasteiger partial charge in [-0.05, 0) is 0 Å². The quantitative estimate of drug-likeness (QED) is 0.243. The molecule has 0 radical (unpaired) electrons. The van der Waals surface area contributed by atoms with Crippen LogP contribution in [-0.4, -0.2) is 115 Å². The third-order valence-electron chi connectivity index (χ3n) is 3.98. The molecule has 2 aliphatic rings. The Morgan fingerprint density at radius 3 is 1.83 bits per heavy atom. The van der Waals surface area contributed by atoms with E-state index < -0.39 is 74.6 Å². The molecule has 2 aliphatic heterocycles. The first-order valence-electron chi connectivity index (χ1n) is 7.08. The standard InChI is InChI=1S/C12H22O11/c13-1-3-5(15)6(16)9(19)12(22-3)23-10-4(2-14)21-11(20)8(18)7(10)17/h3-20H,1-2H2/t3-,4-,5-,6+,7-,8+,9+,10+,11-,12-/m0/s1. The molecule has 23 heavy (non-hydrogen) atoms. The Morgan fingerprint density at radius 2 is 1.26 bits per heavy atom. The lowest BCUT2D eigenvalue weighted by Gasteiger charge is -2.45. The van der Waals surface area contributed by atoms with Crippen LogP contribution in [0.25, 0.3) is 0 Å². The molecule has 10 atom stereocenters. The fourth-order valence-electron chi connectivity index (χ4n) is 2.57. The summed E-state index contributed by atoms with van der Waals surface area (Å²) in [5, 5.41) is 76.5. The topological polar surface area (TPSA) is 190 Å². The van der Waals surface area contributed by atoms with Crippen LogP contribution in [0.2, 0.25) is 0 Å². The summed E-state index contributed by atoms with van der Waals surface area (Å²) < 4.78 is 15.3. The summed E-state index contributed by atoms with van der Waals surface area (Å²) in [6.45, 7) is -1.35. The molecule has 2 fully saturated rings. The number of aliphatic hydroxyl groups is 8. The van der Waals surface area contributed by atoms with Crippen LogP contribution in [0.3, 0.4) is 0 Å². The minimum absolute atomic E-state index is 0.667. The molecule has 2 rings (SSSR count). The second kappa shape index (κ2) is 7.63. The van der Waals surface area contributed by atoms with Crippen molar-refractivity contribution < 1.29 is 55.1 Å². The molecule has 0 aromatic rings. The number of aliphatic hydroxyl groups excluding tert-OH is 8. The van der Waals surface area contributed by atoms with Gasteiger partial charge >= 0.3 is 0 Å². The fraction of sp³-hybridized carbons (Fsp3) is 1.00. The third kappa shape index (κ3) is 3.65. The lowest BCUT2D eigenvalue weighted by atomic mass is 9.97. The highest BCUT2D eigenvalue weighted by atomic mass is 16.7. The summed E-state index contributed by atoms with van der Waals surface area (Å²) in [6, 6.07) is 0. The first-order chi connectivity index (χ1) is 10.8. The molecule has 0 amide bonds. The van der Waals surface area contributed by atoms with Crippen molar-refractivity contribution in [2.75, 3.05) is 13.2 Å². The molecule has 0 aromatic heterocycles. The van der Waals surface area contributed by atoms with E-state index in [1.165, 1.54) is 0 Å². The van der Waals surface area contributed by atoms with E-state index in [0.717, 1.165) is 0 Å². The smallest absolute Gasteiger partial charge is 0.187 e. The lowest BCUT2D eigenvalue weighted by molar-refractivity contribution is -0.355. The normalized spacial score (nSPS) is 51.7. The van der Waals surface area contributed by atoms with Crippen LogP contribution in [0.5, 0.6) is 0 Å². The van der Waals surface area contributed by atoms with Crippen molar-refractivity contribution in [3.05, 3.63) is 0 Å². The highest BCUT2D eigenvalue weighted by Crippen LogP contribution is 2.28. The molecule has 8 N–H and O–H groups in total. The van der Waals surface area contributed by atoms with Crippen molar-refractivity contribution in [3.63, 3.8) is 0 Å². The van der Waals surface area contributed by atoms with E-state index in [2.05, 4.69) is 0 Å². The van der Waals surface area contributed by atoms with Crippen molar-refractivity contribution in [3.8, 4) is 0 Å². The summed E-state index contributed by atoms with van der Waals surface area (Å²) in [5.41, 5.74) is 0. The summed E-state index contributed by atoms with van der Waals surface area (Å²) >= 11 is 0. The summed E-state index contributed by atoms with van der Waals surface area (Å²) in [6.07, 6.45) is -15.6. The van der Waals surface area contributed by atoms with Crippen LogP contribution in [-0.2, 0) is 14.2 Å². The Bertz CT molecular complexity index is 378. The van der Waals surface area contributed by atoms with E-state index in [-0.39, 0.29) is 0 Å². The minimum Gasteiger partial charge on any atom is -0.394 e. The summed E-state index contributed by atoms with van der Waals surface area (Å²) in [5.74, 6) is 0. The van der Waals surface area contributed by atoms with Gasteiger partial charge < -0.3 is 55.1 Å². The number of hydrogen-bond acceptors (Lipinski definition) is 11. The predicted molar refractivity (Wildman–Crippen MR) is 68.6 cm³/mol. The van der Waals surface area contributed by atoms with Crippen LogP contribution < -0.4 is 0 Å². The lowest BCUT2D eigenvalue weighted by Crippen LogP contribution is -2.64. The van der Waals surface area contributed by atoms with Gasteiger partial charge in [-0.2, -0.15) is 0 Å². The number of ether oxygens (including phenoxy) is 3. The molecule has 0 aliphatic carbocycles. The van der Waals surface area contributed by atoms with Gasteiger partial charge in [0, 0.05) is 0 Å². The van der Waals surface area contributed by atoms with Crippen LogP contribution in [0.4, 0.5) is 0 Å². The Kier molecular flexibility index (Phi) is 6.27. The van der Waals surface area contributed by atoms with Gasteiger partial charge in [-0.15, -0.1) is 0 Å². The van der Waals surface area contributed by atoms with E-state index in [1.807, 2.05) is 0 Å². The van der Waals surface area contributed by atoms with E-state index in [1.54, 1.807) is 0 Å². The Balaban J connectivity index is 2.11. The maximum Gasteiger partial charge on any atom is 0.187 e. The van der Waals surface area contributed by atoms with Gasteiger partial charge in [0.05, 0.1) is 13.2 Å². The zero-order chi connectivity index (χ0) is 17.3. The summed E-state index contributed by atoms with van der Waals surface area (Å²) in [7, 11) is 0. The van der Waals surface area contributed by atoms with Crippen LogP contribution >= 0.6 is 0 Å². The molecule has 11 heteroatoms. The van der Waals surface area contributed by atoms with Crippen molar-refractivity contribution in [1.29, 1.82) is 0 Å². The van der Waals surface area contributed by atoms with Gasteiger partial charge in [0.1, 0.15) is 48.8 Å². The molecular weight excluding hydrogens is 320 g/mol. The highest BCUT2D eigenvalue weighted by Gasteiger charge is 2.50. The molecule has 0 unspecified atom stereocenters. The van der Waals surface area contributed by atoms with Gasteiger partial charge in [0.15, 0.2) is 12.6 Å². The third-order valence-corrected chi connectivity index (χ3v) is 3.98. The molecule has 136 valence electrons.